The van der Waals surface area contributed by atoms with Gasteiger partial charge in [-0.3, -0.25) is 0 Å². The molecule has 3 aromatic carbocycles. The zero-order valence-corrected chi connectivity index (χ0v) is 30.6. The van der Waals surface area contributed by atoms with Crippen molar-refractivity contribution in [1.82, 2.24) is 0 Å². The van der Waals surface area contributed by atoms with Gasteiger partial charge in [0.15, 0.2) is 0 Å². The molecular formula is C38H46S2Si2. The fourth-order valence-corrected chi connectivity index (χ4v) is 13.3. The molecule has 5 aromatic rings. The van der Waals surface area contributed by atoms with Gasteiger partial charge in [-0.15, -0.1) is 33.8 Å². The van der Waals surface area contributed by atoms with Gasteiger partial charge in [-0.1, -0.05) is 67.2 Å². The Morgan fingerprint density at radius 2 is 0.810 bits per heavy atom. The van der Waals surface area contributed by atoms with Crippen molar-refractivity contribution >= 4 is 80.5 Å². The lowest BCUT2D eigenvalue weighted by molar-refractivity contribution is 1.19. The Kier molecular flexibility index (Phi) is 9.41. The highest BCUT2D eigenvalue weighted by Gasteiger charge is 2.26. The molecule has 2 aromatic heterocycles. The van der Waals surface area contributed by atoms with Crippen molar-refractivity contribution in [1.29, 1.82) is 0 Å². The summed E-state index contributed by atoms with van der Waals surface area (Å²) in [5.41, 5.74) is 10.4. The van der Waals surface area contributed by atoms with Gasteiger partial charge in [0, 0.05) is 41.1 Å². The first-order valence-corrected chi connectivity index (χ1v) is 23.1. The van der Waals surface area contributed by atoms with Crippen LogP contribution in [-0.4, -0.2) is 16.1 Å². The number of thiophene rings is 2. The highest BCUT2D eigenvalue weighted by atomic mass is 32.1. The number of rotatable bonds is 8. The van der Waals surface area contributed by atoms with Crippen LogP contribution < -0.4 is 0 Å². The van der Waals surface area contributed by atoms with E-state index in [0.717, 1.165) is 12.8 Å². The third-order valence-electron chi connectivity index (χ3n) is 10.2. The second-order valence-corrected chi connectivity index (χ2v) is 24.1. The molecule has 0 aliphatic heterocycles. The minimum atomic E-state index is -1.63. The van der Waals surface area contributed by atoms with Gasteiger partial charge in [-0.25, -0.2) is 0 Å². The summed E-state index contributed by atoms with van der Waals surface area (Å²) in [4.78, 5) is 2.89. The van der Waals surface area contributed by atoms with E-state index in [-0.39, 0.29) is 0 Å². The number of hydrogen-bond donors (Lipinski definition) is 0. The SMILES string of the molecule is CCc1cc2cc3c(C#C[Si](CC)(CC)CC)c4cc5sc(CC)cc5cc4c(C#C[Si](CC)(CC)CC)c3cc2s1. The van der Waals surface area contributed by atoms with Crippen LogP contribution in [0.5, 0.6) is 0 Å². The van der Waals surface area contributed by atoms with E-state index in [4.69, 9.17) is 0 Å². The van der Waals surface area contributed by atoms with Crippen LogP contribution in [0.1, 0.15) is 76.3 Å². The predicted octanol–water partition coefficient (Wildman–Crippen LogP) is 12.3. The Labute approximate surface area is 263 Å². The molecule has 2 heterocycles. The number of hydrogen-bond acceptors (Lipinski definition) is 2. The van der Waals surface area contributed by atoms with E-state index >= 15 is 0 Å². The molecule has 4 heteroatoms. The Bertz CT molecular complexity index is 1640. The van der Waals surface area contributed by atoms with Gasteiger partial charge in [-0.2, -0.15) is 0 Å². The summed E-state index contributed by atoms with van der Waals surface area (Å²) < 4.78 is 2.74. The summed E-state index contributed by atoms with van der Waals surface area (Å²) in [6.07, 6.45) is 2.14. The van der Waals surface area contributed by atoms with Crippen LogP contribution in [0, 0.1) is 22.9 Å². The van der Waals surface area contributed by atoms with Gasteiger partial charge >= 0.3 is 0 Å². The second-order valence-electron chi connectivity index (χ2n) is 11.9. The number of benzene rings is 3. The minimum absolute atomic E-state index is 1.07. The molecular weight excluding hydrogens is 577 g/mol. The molecule has 0 saturated carbocycles. The molecule has 0 spiro atoms. The highest BCUT2D eigenvalue weighted by molar-refractivity contribution is 7.19. The lowest BCUT2D eigenvalue weighted by Gasteiger charge is -2.21. The Hall–Kier alpha value is -2.35. The van der Waals surface area contributed by atoms with E-state index in [1.165, 1.54) is 98.9 Å². The molecule has 218 valence electrons. The summed E-state index contributed by atoms with van der Waals surface area (Å²) in [5, 5.41) is 7.87. The molecule has 0 radical (unpaired) electrons. The molecule has 0 aliphatic carbocycles. The third-order valence-corrected chi connectivity index (χ3v) is 22.1. The molecule has 5 rings (SSSR count). The van der Waals surface area contributed by atoms with E-state index in [1.807, 2.05) is 22.7 Å². The lowest BCUT2D eigenvalue weighted by atomic mass is 9.91. The van der Waals surface area contributed by atoms with Gasteiger partial charge in [0.1, 0.15) is 16.1 Å². The van der Waals surface area contributed by atoms with Crippen LogP contribution >= 0.6 is 22.7 Å². The summed E-state index contributed by atoms with van der Waals surface area (Å²) in [6.45, 7) is 18.7. The average molecular weight is 623 g/mol. The van der Waals surface area contributed by atoms with Crippen LogP contribution in [0.15, 0.2) is 36.4 Å². The van der Waals surface area contributed by atoms with Crippen molar-refractivity contribution in [2.24, 2.45) is 0 Å². The van der Waals surface area contributed by atoms with Gasteiger partial charge in [-0.05, 0) is 107 Å². The van der Waals surface area contributed by atoms with Crippen LogP contribution in [0.25, 0.3) is 41.7 Å². The molecule has 0 nitrogen and oxygen atoms in total. The second kappa shape index (κ2) is 12.7. The first kappa shape index (κ1) is 31.1. The van der Waals surface area contributed by atoms with E-state index in [9.17, 15) is 0 Å². The Balaban J connectivity index is 1.99. The lowest BCUT2D eigenvalue weighted by Crippen LogP contribution is -2.29. The van der Waals surface area contributed by atoms with Crippen LogP contribution in [0.3, 0.4) is 0 Å². The molecule has 0 N–H and O–H groups in total. The van der Waals surface area contributed by atoms with E-state index in [0.29, 0.717) is 0 Å². The molecule has 42 heavy (non-hydrogen) atoms. The smallest absolute Gasteiger partial charge is 0.138 e. The zero-order chi connectivity index (χ0) is 30.1. The monoisotopic (exact) mass is 622 g/mol. The van der Waals surface area contributed by atoms with Crippen LogP contribution in [-0.2, 0) is 12.8 Å². The fourth-order valence-electron chi connectivity index (χ4n) is 6.44. The Morgan fingerprint density at radius 1 is 0.476 bits per heavy atom. The highest BCUT2D eigenvalue weighted by Crippen LogP contribution is 2.40. The topological polar surface area (TPSA) is 0 Å². The summed E-state index contributed by atoms with van der Waals surface area (Å²) in [7, 11) is -3.27. The van der Waals surface area contributed by atoms with Crippen molar-refractivity contribution in [3.8, 4) is 22.9 Å². The Morgan fingerprint density at radius 3 is 1.12 bits per heavy atom. The molecule has 0 fully saturated rings. The fraction of sp³-hybridized carbons (Fsp3) is 0.421. The zero-order valence-electron chi connectivity index (χ0n) is 26.9. The number of fused-ring (bicyclic) bond motifs is 4. The molecule has 0 amide bonds. The van der Waals surface area contributed by atoms with Gasteiger partial charge in [0.25, 0.3) is 0 Å². The van der Waals surface area contributed by atoms with Crippen molar-refractivity contribution < 1.29 is 0 Å². The first-order valence-electron chi connectivity index (χ1n) is 16.3. The maximum Gasteiger partial charge on any atom is 0.138 e. The van der Waals surface area contributed by atoms with Crippen LogP contribution in [0.4, 0.5) is 0 Å². The van der Waals surface area contributed by atoms with Crippen LogP contribution in [0.2, 0.25) is 36.3 Å². The normalized spacial score (nSPS) is 12.2. The average Bonchev–Trinajstić information content (AvgIpc) is 3.64. The van der Waals surface area contributed by atoms with E-state index in [1.54, 1.807) is 0 Å². The minimum Gasteiger partial charge on any atom is -0.140 e. The molecule has 0 saturated heterocycles. The maximum absolute atomic E-state index is 3.98. The maximum atomic E-state index is 3.98. The van der Waals surface area contributed by atoms with Crippen molar-refractivity contribution in [3.05, 3.63) is 57.3 Å². The first-order chi connectivity index (χ1) is 20.3. The molecule has 0 atom stereocenters. The largest absolute Gasteiger partial charge is 0.140 e. The molecule has 0 unspecified atom stereocenters. The summed E-state index contributed by atoms with van der Waals surface area (Å²) in [6, 6.07) is 21.9. The summed E-state index contributed by atoms with van der Waals surface area (Å²) in [5.74, 6) is 7.82. The third kappa shape index (κ3) is 5.53. The van der Waals surface area contributed by atoms with E-state index in [2.05, 4.69) is 115 Å². The predicted molar refractivity (Wildman–Crippen MR) is 199 cm³/mol. The van der Waals surface area contributed by atoms with Gasteiger partial charge < -0.3 is 0 Å². The standard InChI is InChI=1S/C38H46S2Si2/c1-9-29-21-27-23-33-31(17-19-41(11-3,12-4)13-5)36-26-38-28(22-30(10-2)40-38)24-34(36)32(35(33)25-37(27)39-29)18-20-42(14-6,15-7)16-8/h21-26H,9-16H2,1-8H3. The quantitative estimate of drug-likeness (QED) is 0.0917. The summed E-state index contributed by atoms with van der Waals surface area (Å²) >= 11 is 3.88. The number of aryl methyl sites for hydroxylation is 2. The molecule has 0 bridgehead atoms. The van der Waals surface area contributed by atoms with Crippen molar-refractivity contribution in [2.45, 2.75) is 104 Å². The van der Waals surface area contributed by atoms with Gasteiger partial charge in [0.05, 0.1) is 0 Å². The van der Waals surface area contributed by atoms with Crippen molar-refractivity contribution in [2.75, 3.05) is 0 Å². The van der Waals surface area contributed by atoms with Gasteiger partial charge in [0.2, 0.25) is 0 Å². The van der Waals surface area contributed by atoms with Crippen molar-refractivity contribution in [3.63, 3.8) is 0 Å². The molecule has 0 aliphatic rings. The van der Waals surface area contributed by atoms with E-state index < -0.39 is 16.1 Å².